The number of methoxy groups -OCH3 is 1. The van der Waals surface area contributed by atoms with Crippen LogP contribution in [0.5, 0.6) is 0 Å². The molecule has 3 nitrogen and oxygen atoms in total. The van der Waals surface area contributed by atoms with E-state index in [2.05, 4.69) is 37.9 Å². The van der Waals surface area contributed by atoms with Crippen molar-refractivity contribution < 1.29 is 4.74 Å². The van der Waals surface area contributed by atoms with Gasteiger partial charge in [-0.1, -0.05) is 0 Å². The van der Waals surface area contributed by atoms with Crippen LogP contribution in [0.1, 0.15) is 47.0 Å². The van der Waals surface area contributed by atoms with Crippen molar-refractivity contribution in [2.24, 2.45) is 0 Å². The molecule has 1 aliphatic rings. The molecular weight excluding hydrogens is 212 g/mol. The van der Waals surface area contributed by atoms with Gasteiger partial charge in [-0.3, -0.25) is 4.90 Å². The van der Waals surface area contributed by atoms with E-state index in [1.54, 1.807) is 7.11 Å². The van der Waals surface area contributed by atoms with Crippen LogP contribution in [0.2, 0.25) is 0 Å². The van der Waals surface area contributed by atoms with Gasteiger partial charge in [0.1, 0.15) is 0 Å². The summed E-state index contributed by atoms with van der Waals surface area (Å²) < 4.78 is 5.18. The normalized spacial score (nSPS) is 24.2. The minimum atomic E-state index is 0.226. The Morgan fingerprint density at radius 3 is 2.71 bits per heavy atom. The molecule has 0 saturated carbocycles. The van der Waals surface area contributed by atoms with Crippen molar-refractivity contribution in [2.45, 2.75) is 64.6 Å². The van der Waals surface area contributed by atoms with Crippen molar-refractivity contribution >= 4 is 0 Å². The molecule has 0 radical (unpaired) electrons. The fourth-order valence-electron chi connectivity index (χ4n) is 2.54. The van der Waals surface area contributed by atoms with Crippen LogP contribution in [0.3, 0.4) is 0 Å². The van der Waals surface area contributed by atoms with Crippen LogP contribution >= 0.6 is 0 Å². The number of hydrogen-bond donors (Lipinski definition) is 1. The van der Waals surface area contributed by atoms with Gasteiger partial charge in [-0.2, -0.15) is 0 Å². The van der Waals surface area contributed by atoms with Crippen molar-refractivity contribution in [1.82, 2.24) is 10.2 Å². The molecule has 2 atom stereocenters. The van der Waals surface area contributed by atoms with Crippen LogP contribution in [0.4, 0.5) is 0 Å². The van der Waals surface area contributed by atoms with E-state index in [1.165, 1.54) is 19.4 Å². The summed E-state index contributed by atoms with van der Waals surface area (Å²) in [7, 11) is 1.79. The Labute approximate surface area is 107 Å². The second-order valence-electron chi connectivity index (χ2n) is 6.30. The molecule has 0 aromatic carbocycles. The van der Waals surface area contributed by atoms with Crippen LogP contribution < -0.4 is 5.32 Å². The molecule has 1 rings (SSSR count). The Kier molecular flexibility index (Phi) is 5.90. The van der Waals surface area contributed by atoms with Gasteiger partial charge in [-0.25, -0.2) is 0 Å². The van der Waals surface area contributed by atoms with Gasteiger partial charge < -0.3 is 10.1 Å². The number of nitrogens with one attached hydrogen (secondary N) is 1. The first-order chi connectivity index (χ1) is 7.94. The average Bonchev–Trinajstić information content (AvgIpc) is 2.70. The first kappa shape index (κ1) is 14.9. The number of ether oxygens (including phenoxy) is 1. The molecule has 0 aromatic rings. The first-order valence-electron chi connectivity index (χ1n) is 6.94. The molecule has 1 fully saturated rings. The molecule has 0 amide bonds. The summed E-state index contributed by atoms with van der Waals surface area (Å²) >= 11 is 0. The summed E-state index contributed by atoms with van der Waals surface area (Å²) in [6.07, 6.45) is 3.82. The van der Waals surface area contributed by atoms with Crippen LogP contribution in [0.15, 0.2) is 0 Å². The van der Waals surface area contributed by atoms with Crippen molar-refractivity contribution in [2.75, 3.05) is 26.8 Å². The molecule has 1 N–H and O–H groups in total. The van der Waals surface area contributed by atoms with Gasteiger partial charge in [0, 0.05) is 37.9 Å². The SMILES string of the molecule is COCCC(C)N1CCCC1CNC(C)(C)C. The lowest BCUT2D eigenvalue weighted by atomic mass is 10.1. The molecule has 3 heteroatoms. The van der Waals surface area contributed by atoms with E-state index in [0.29, 0.717) is 12.1 Å². The monoisotopic (exact) mass is 242 g/mol. The van der Waals surface area contributed by atoms with Crippen LogP contribution in [-0.2, 0) is 4.74 Å². The van der Waals surface area contributed by atoms with Gasteiger partial charge in [0.15, 0.2) is 0 Å². The smallest absolute Gasteiger partial charge is 0.0477 e. The summed E-state index contributed by atoms with van der Waals surface area (Å²) in [6, 6.07) is 1.35. The second kappa shape index (κ2) is 6.72. The standard InChI is InChI=1S/C14H30N2O/c1-12(8-10-17-5)16-9-6-7-13(16)11-15-14(2,3)4/h12-13,15H,6-11H2,1-5H3. The van der Waals surface area contributed by atoms with E-state index in [1.807, 2.05) is 0 Å². The maximum Gasteiger partial charge on any atom is 0.0477 e. The average molecular weight is 242 g/mol. The largest absolute Gasteiger partial charge is 0.385 e. The lowest BCUT2D eigenvalue weighted by Gasteiger charge is -2.33. The van der Waals surface area contributed by atoms with E-state index in [0.717, 1.165) is 19.6 Å². The number of likely N-dealkylation sites (tertiary alicyclic amines) is 1. The molecule has 1 saturated heterocycles. The van der Waals surface area contributed by atoms with E-state index in [9.17, 15) is 0 Å². The van der Waals surface area contributed by atoms with Gasteiger partial charge in [-0.05, 0) is 53.5 Å². The highest BCUT2D eigenvalue weighted by Gasteiger charge is 2.28. The fourth-order valence-corrected chi connectivity index (χ4v) is 2.54. The predicted octanol–water partition coefficient (Wildman–Crippen LogP) is 2.26. The fraction of sp³-hybridized carbons (Fsp3) is 1.00. The molecule has 17 heavy (non-hydrogen) atoms. The number of rotatable bonds is 6. The molecule has 0 aromatic heterocycles. The van der Waals surface area contributed by atoms with Gasteiger partial charge in [-0.15, -0.1) is 0 Å². The quantitative estimate of drug-likeness (QED) is 0.773. The zero-order valence-corrected chi connectivity index (χ0v) is 12.3. The third-order valence-corrected chi connectivity index (χ3v) is 3.60. The van der Waals surface area contributed by atoms with E-state index >= 15 is 0 Å². The zero-order valence-electron chi connectivity index (χ0n) is 12.3. The summed E-state index contributed by atoms with van der Waals surface area (Å²) in [5, 5.41) is 3.63. The Hall–Kier alpha value is -0.120. The van der Waals surface area contributed by atoms with Crippen molar-refractivity contribution in [3.8, 4) is 0 Å². The van der Waals surface area contributed by atoms with E-state index < -0.39 is 0 Å². The lowest BCUT2D eigenvalue weighted by molar-refractivity contribution is 0.126. The molecular formula is C14H30N2O. The van der Waals surface area contributed by atoms with Gasteiger partial charge in [0.25, 0.3) is 0 Å². The Morgan fingerprint density at radius 2 is 2.12 bits per heavy atom. The van der Waals surface area contributed by atoms with Crippen molar-refractivity contribution in [3.05, 3.63) is 0 Å². The third-order valence-electron chi connectivity index (χ3n) is 3.60. The molecule has 0 bridgehead atoms. The van der Waals surface area contributed by atoms with Crippen molar-refractivity contribution in [1.29, 1.82) is 0 Å². The minimum Gasteiger partial charge on any atom is -0.385 e. The molecule has 2 unspecified atom stereocenters. The maximum atomic E-state index is 5.18. The summed E-state index contributed by atoms with van der Waals surface area (Å²) in [5.74, 6) is 0. The zero-order chi connectivity index (χ0) is 12.9. The molecule has 0 spiro atoms. The Bertz CT molecular complexity index is 213. The Balaban J connectivity index is 2.37. The van der Waals surface area contributed by atoms with Crippen LogP contribution in [0, 0.1) is 0 Å². The summed E-state index contributed by atoms with van der Waals surface area (Å²) in [4.78, 5) is 2.65. The highest BCUT2D eigenvalue weighted by atomic mass is 16.5. The highest BCUT2D eigenvalue weighted by Crippen LogP contribution is 2.21. The van der Waals surface area contributed by atoms with Crippen molar-refractivity contribution in [3.63, 3.8) is 0 Å². The summed E-state index contributed by atoms with van der Waals surface area (Å²) in [6.45, 7) is 12.3. The first-order valence-corrected chi connectivity index (χ1v) is 6.94. The molecule has 1 heterocycles. The molecule has 0 aliphatic carbocycles. The number of hydrogen-bond acceptors (Lipinski definition) is 3. The third kappa shape index (κ3) is 5.36. The maximum absolute atomic E-state index is 5.18. The van der Waals surface area contributed by atoms with Crippen LogP contribution in [-0.4, -0.2) is 49.3 Å². The summed E-state index contributed by atoms with van der Waals surface area (Å²) in [5.41, 5.74) is 0.226. The van der Waals surface area contributed by atoms with Gasteiger partial charge in [0.2, 0.25) is 0 Å². The lowest BCUT2D eigenvalue weighted by Crippen LogP contribution is -2.47. The van der Waals surface area contributed by atoms with Crippen LogP contribution in [0.25, 0.3) is 0 Å². The second-order valence-corrected chi connectivity index (χ2v) is 6.30. The van der Waals surface area contributed by atoms with Gasteiger partial charge >= 0.3 is 0 Å². The van der Waals surface area contributed by atoms with E-state index in [4.69, 9.17) is 4.74 Å². The predicted molar refractivity (Wildman–Crippen MR) is 73.4 cm³/mol. The highest BCUT2D eigenvalue weighted by molar-refractivity contribution is 4.86. The number of nitrogens with zero attached hydrogens (tertiary/aromatic N) is 1. The minimum absolute atomic E-state index is 0.226. The Morgan fingerprint density at radius 1 is 1.41 bits per heavy atom. The van der Waals surface area contributed by atoms with E-state index in [-0.39, 0.29) is 5.54 Å². The van der Waals surface area contributed by atoms with Gasteiger partial charge in [0.05, 0.1) is 0 Å². The topological polar surface area (TPSA) is 24.5 Å². The molecule has 102 valence electrons. The molecule has 1 aliphatic heterocycles.